The van der Waals surface area contributed by atoms with Crippen LogP contribution in [0.25, 0.3) is 80.6 Å². The number of hydrogen-bond donors (Lipinski definition) is 1. The van der Waals surface area contributed by atoms with Gasteiger partial charge in [-0.1, -0.05) is 140 Å². The maximum atomic E-state index is 5.33. The number of amidine groups is 1. The van der Waals surface area contributed by atoms with E-state index in [1.54, 1.807) is 0 Å². The predicted octanol–water partition coefficient (Wildman–Crippen LogP) is 12.9. The van der Waals surface area contributed by atoms with Gasteiger partial charge in [0.25, 0.3) is 0 Å². The van der Waals surface area contributed by atoms with Crippen molar-refractivity contribution in [2.24, 2.45) is 9.98 Å². The van der Waals surface area contributed by atoms with Crippen molar-refractivity contribution >= 4 is 86.9 Å². The molecule has 0 amide bonds. The molecule has 1 unspecified atom stereocenters. The van der Waals surface area contributed by atoms with E-state index in [9.17, 15) is 0 Å². The van der Waals surface area contributed by atoms with Crippen LogP contribution in [-0.4, -0.2) is 20.9 Å². The highest BCUT2D eigenvalue weighted by atomic mass is 32.1. The lowest BCUT2D eigenvalue weighted by atomic mass is 10.0. The zero-order chi connectivity index (χ0) is 37.5. The number of aliphatic imine (C=N–C) groups is 2. The monoisotopic (exact) mass is 747 g/mol. The largest absolute Gasteiger partial charge is 0.344 e. The van der Waals surface area contributed by atoms with E-state index in [1.165, 1.54) is 63.9 Å². The normalized spacial score (nSPS) is 14.5. The minimum Gasteiger partial charge on any atom is -0.344 e. The number of para-hydroxylation sites is 2. The number of nitrogens with zero attached hydrogens (tertiary/aromatic N) is 4. The fourth-order valence-electron chi connectivity index (χ4n) is 8.88. The Kier molecular flexibility index (Phi) is 7.09. The van der Waals surface area contributed by atoms with Crippen LogP contribution in [-0.2, 0) is 0 Å². The van der Waals surface area contributed by atoms with Gasteiger partial charge in [-0.25, -0.2) is 4.99 Å². The molecule has 0 saturated heterocycles. The SMILES string of the molecule is c1ccc(C2=NC(n3c4ccccc4c4c5c(ccc43)sc3ccc4c(c6ccccc6n4-c4ccc(-c6ccccc6)cc4)c35)=NC(c3ccccc3)N2)cc1. The van der Waals surface area contributed by atoms with Gasteiger partial charge in [-0.15, -0.1) is 11.3 Å². The molecule has 6 heteroatoms. The van der Waals surface area contributed by atoms with Gasteiger partial charge < -0.3 is 9.88 Å². The van der Waals surface area contributed by atoms with Crippen LogP contribution >= 0.6 is 11.3 Å². The molecule has 1 aliphatic rings. The zero-order valence-corrected chi connectivity index (χ0v) is 31.5. The second-order valence-corrected chi connectivity index (χ2v) is 15.7. The van der Waals surface area contributed by atoms with Gasteiger partial charge in [0.2, 0.25) is 5.96 Å². The molecule has 1 N–H and O–H groups in total. The van der Waals surface area contributed by atoms with Crippen molar-refractivity contribution in [1.29, 1.82) is 0 Å². The highest BCUT2D eigenvalue weighted by Gasteiger charge is 2.26. The minimum atomic E-state index is -0.302. The molecule has 0 fully saturated rings. The Hall–Kier alpha value is -7.28. The van der Waals surface area contributed by atoms with E-state index in [4.69, 9.17) is 9.98 Å². The second-order valence-electron chi connectivity index (χ2n) is 14.6. The maximum Gasteiger partial charge on any atom is 0.234 e. The Bertz CT molecular complexity index is 3410. The summed E-state index contributed by atoms with van der Waals surface area (Å²) in [5.41, 5.74) is 10.2. The lowest BCUT2D eigenvalue weighted by Gasteiger charge is -2.24. The average Bonchev–Trinajstić information content (AvgIpc) is 3.95. The molecule has 0 radical (unpaired) electrons. The van der Waals surface area contributed by atoms with Crippen LogP contribution in [0.4, 0.5) is 0 Å². The van der Waals surface area contributed by atoms with Crippen molar-refractivity contribution < 1.29 is 0 Å². The molecule has 12 rings (SSSR count). The van der Waals surface area contributed by atoms with Crippen molar-refractivity contribution in [2.45, 2.75) is 6.17 Å². The molecule has 8 aromatic carbocycles. The molecule has 57 heavy (non-hydrogen) atoms. The fourth-order valence-corrected chi connectivity index (χ4v) is 10.00. The van der Waals surface area contributed by atoms with Crippen LogP contribution < -0.4 is 5.32 Å². The topological polar surface area (TPSA) is 46.6 Å². The van der Waals surface area contributed by atoms with Gasteiger partial charge in [0.05, 0.1) is 22.1 Å². The first-order valence-electron chi connectivity index (χ1n) is 19.3. The van der Waals surface area contributed by atoms with Gasteiger partial charge in [-0.2, -0.15) is 4.99 Å². The first kappa shape index (κ1) is 32.0. The average molecular weight is 748 g/mol. The van der Waals surface area contributed by atoms with Crippen LogP contribution in [0.3, 0.4) is 0 Å². The van der Waals surface area contributed by atoms with E-state index in [1.807, 2.05) is 23.5 Å². The number of rotatable bonds is 4. The lowest BCUT2D eigenvalue weighted by molar-refractivity contribution is 0.668. The highest BCUT2D eigenvalue weighted by molar-refractivity contribution is 7.26. The quantitative estimate of drug-likeness (QED) is 0.191. The molecule has 3 aromatic heterocycles. The van der Waals surface area contributed by atoms with Crippen molar-refractivity contribution in [2.75, 3.05) is 0 Å². The number of aromatic nitrogens is 2. The van der Waals surface area contributed by atoms with Gasteiger partial charge in [-0.05, 0) is 65.2 Å². The van der Waals surface area contributed by atoms with Crippen molar-refractivity contribution in [3.05, 3.63) is 199 Å². The Balaban J connectivity index is 1.14. The summed E-state index contributed by atoms with van der Waals surface area (Å²) in [5, 5.41) is 11.1. The number of benzene rings is 8. The summed E-state index contributed by atoms with van der Waals surface area (Å²) in [4.78, 5) is 10.6. The van der Waals surface area contributed by atoms with Gasteiger partial charge in [0, 0.05) is 53.0 Å². The van der Waals surface area contributed by atoms with Gasteiger partial charge in [0.1, 0.15) is 12.0 Å². The predicted molar refractivity (Wildman–Crippen MR) is 240 cm³/mol. The summed E-state index contributed by atoms with van der Waals surface area (Å²) in [6, 6.07) is 67.1. The molecular weight excluding hydrogens is 715 g/mol. The molecular formula is C51H33N5S. The highest BCUT2D eigenvalue weighted by Crippen LogP contribution is 2.47. The van der Waals surface area contributed by atoms with E-state index in [0.29, 0.717) is 5.96 Å². The molecule has 0 saturated carbocycles. The third-order valence-corrected chi connectivity index (χ3v) is 12.5. The summed E-state index contributed by atoms with van der Waals surface area (Å²) in [6.07, 6.45) is -0.302. The minimum absolute atomic E-state index is 0.302. The van der Waals surface area contributed by atoms with E-state index < -0.39 is 0 Å². The molecule has 0 bridgehead atoms. The van der Waals surface area contributed by atoms with E-state index in [-0.39, 0.29) is 6.17 Å². The van der Waals surface area contributed by atoms with E-state index >= 15 is 0 Å². The van der Waals surface area contributed by atoms with Crippen LogP contribution in [0.1, 0.15) is 17.3 Å². The van der Waals surface area contributed by atoms with Gasteiger partial charge >= 0.3 is 0 Å². The fraction of sp³-hybridized carbons (Fsp3) is 0.0196. The summed E-state index contributed by atoms with van der Waals surface area (Å²) in [6.45, 7) is 0. The van der Waals surface area contributed by atoms with Crippen molar-refractivity contribution in [3.8, 4) is 16.8 Å². The standard InChI is InChI=1S/C51H33N5S/c1-4-14-32(15-5-1)33-24-26-36(27-25-33)55-39-22-12-10-20-37(39)45-41(55)28-30-43-47(45)48-44(57-43)31-29-42-46(48)38-21-11-13-23-40(38)56(42)51-53-49(34-16-6-2-7-17-34)52-50(54-51)35-18-8-3-9-19-35/h1-31,49H,(H,52,53,54). The molecule has 11 aromatic rings. The molecule has 4 heterocycles. The molecule has 1 atom stereocenters. The number of nitrogens with one attached hydrogen (secondary N) is 1. The third kappa shape index (κ3) is 4.94. The molecule has 1 aliphatic heterocycles. The van der Waals surface area contributed by atoms with Crippen molar-refractivity contribution in [1.82, 2.24) is 14.5 Å². The molecule has 0 spiro atoms. The lowest BCUT2D eigenvalue weighted by Crippen LogP contribution is -2.35. The Labute approximate surface area is 332 Å². The van der Waals surface area contributed by atoms with Crippen molar-refractivity contribution in [3.63, 3.8) is 0 Å². The van der Waals surface area contributed by atoms with Crippen LogP contribution in [0.2, 0.25) is 0 Å². The zero-order valence-electron chi connectivity index (χ0n) is 30.7. The van der Waals surface area contributed by atoms with Gasteiger partial charge in [0.15, 0.2) is 0 Å². The number of hydrogen-bond acceptors (Lipinski definition) is 4. The summed E-state index contributed by atoms with van der Waals surface area (Å²) < 4.78 is 7.24. The Morgan fingerprint density at radius 1 is 0.421 bits per heavy atom. The van der Waals surface area contributed by atoms with Crippen LogP contribution in [0.15, 0.2) is 198 Å². The summed E-state index contributed by atoms with van der Waals surface area (Å²) in [5.74, 6) is 1.46. The molecule has 268 valence electrons. The first-order chi connectivity index (χ1) is 28.3. The molecule has 0 aliphatic carbocycles. The summed E-state index contributed by atoms with van der Waals surface area (Å²) in [7, 11) is 0. The summed E-state index contributed by atoms with van der Waals surface area (Å²) >= 11 is 1.87. The Morgan fingerprint density at radius 3 is 1.56 bits per heavy atom. The first-order valence-corrected chi connectivity index (χ1v) is 20.1. The smallest absolute Gasteiger partial charge is 0.234 e. The second kappa shape index (κ2) is 12.6. The maximum absolute atomic E-state index is 5.33. The number of thiophene rings is 1. The number of fused-ring (bicyclic) bond motifs is 11. The van der Waals surface area contributed by atoms with E-state index in [0.717, 1.165) is 33.7 Å². The van der Waals surface area contributed by atoms with E-state index in [2.05, 4.69) is 190 Å². The Morgan fingerprint density at radius 2 is 0.930 bits per heavy atom. The van der Waals surface area contributed by atoms with Crippen LogP contribution in [0, 0.1) is 0 Å². The molecule has 5 nitrogen and oxygen atoms in total. The van der Waals surface area contributed by atoms with Crippen LogP contribution in [0.5, 0.6) is 0 Å². The van der Waals surface area contributed by atoms with Gasteiger partial charge in [-0.3, -0.25) is 4.57 Å². The third-order valence-electron chi connectivity index (χ3n) is 11.4.